The van der Waals surface area contributed by atoms with Crippen LogP contribution in [0.4, 0.5) is 37.7 Å². The van der Waals surface area contributed by atoms with Gasteiger partial charge in [-0.25, -0.2) is 0 Å². The molecule has 2 atom stereocenters. The van der Waals surface area contributed by atoms with Gasteiger partial charge in [0.2, 0.25) is 0 Å². The van der Waals surface area contributed by atoms with Crippen LogP contribution in [0, 0.1) is 11.8 Å². The van der Waals surface area contributed by atoms with Gasteiger partial charge in [0.15, 0.2) is 0 Å². The lowest BCUT2D eigenvalue weighted by Crippen LogP contribution is -2.47. The summed E-state index contributed by atoms with van der Waals surface area (Å²) < 4.78 is 75.1. The third-order valence-corrected chi connectivity index (χ3v) is 7.52. The van der Waals surface area contributed by atoms with E-state index in [1.54, 1.807) is 0 Å². The van der Waals surface area contributed by atoms with Gasteiger partial charge in [-0.05, 0) is 54.4 Å². The second-order valence-corrected chi connectivity index (χ2v) is 11.1. The van der Waals surface area contributed by atoms with Crippen LogP contribution in [-0.4, -0.2) is 93.2 Å². The molecule has 0 bridgehead atoms. The van der Waals surface area contributed by atoms with Crippen LogP contribution in [0.15, 0.2) is 48.5 Å². The van der Waals surface area contributed by atoms with Crippen molar-refractivity contribution < 1.29 is 36.2 Å². The molecule has 42 heavy (non-hydrogen) atoms. The van der Waals surface area contributed by atoms with Crippen LogP contribution in [0.5, 0.6) is 0 Å². The van der Waals surface area contributed by atoms with Crippen LogP contribution >= 0.6 is 0 Å². The number of hydrogen-bond acceptors (Lipinski definition) is 6. The van der Waals surface area contributed by atoms with Crippen molar-refractivity contribution >= 4 is 17.7 Å². The van der Waals surface area contributed by atoms with Gasteiger partial charge in [-0.1, -0.05) is 13.8 Å². The van der Waals surface area contributed by atoms with Crippen LogP contribution < -0.4 is 9.80 Å². The van der Waals surface area contributed by atoms with Crippen molar-refractivity contribution in [1.82, 2.24) is 9.80 Å². The minimum atomic E-state index is -4.29. The second kappa shape index (κ2) is 15.1. The van der Waals surface area contributed by atoms with Crippen LogP contribution in [0.1, 0.15) is 25.0 Å². The SMILES string of the molecule is C[C@H](C=O)CN1CCN(c2ccc(C(F)(F)F)cc2)CC1.C[C@H](CO)CN1CCN(c2ccc(C(F)(F)F)cc2)CC1. The van der Waals surface area contributed by atoms with E-state index in [-0.39, 0.29) is 18.4 Å². The molecule has 0 aliphatic carbocycles. The Morgan fingerprint density at radius 2 is 1.02 bits per heavy atom. The molecule has 0 saturated carbocycles. The first-order valence-corrected chi connectivity index (χ1v) is 14.2. The van der Waals surface area contributed by atoms with Crippen molar-refractivity contribution in [3.63, 3.8) is 0 Å². The molecule has 2 heterocycles. The van der Waals surface area contributed by atoms with E-state index in [4.69, 9.17) is 5.11 Å². The van der Waals surface area contributed by atoms with Crippen molar-refractivity contribution in [2.24, 2.45) is 11.8 Å². The first kappa shape index (κ1) is 33.7. The molecule has 234 valence electrons. The van der Waals surface area contributed by atoms with Gasteiger partial charge in [0.05, 0.1) is 11.1 Å². The molecule has 4 rings (SSSR count). The maximum absolute atomic E-state index is 12.5. The molecule has 6 nitrogen and oxygen atoms in total. The Morgan fingerprint density at radius 1 is 0.667 bits per heavy atom. The molecule has 0 unspecified atom stereocenters. The smallest absolute Gasteiger partial charge is 0.396 e. The van der Waals surface area contributed by atoms with E-state index in [2.05, 4.69) is 19.6 Å². The molecular formula is C30H40F6N4O2. The number of anilines is 2. The average molecular weight is 603 g/mol. The Balaban J connectivity index is 0.000000230. The Labute approximate surface area is 243 Å². The van der Waals surface area contributed by atoms with Crippen molar-refractivity contribution in [3.05, 3.63) is 59.7 Å². The number of rotatable bonds is 8. The van der Waals surface area contributed by atoms with Crippen molar-refractivity contribution in [2.75, 3.05) is 81.9 Å². The molecular weight excluding hydrogens is 562 g/mol. The number of alkyl halides is 6. The predicted octanol–water partition coefficient (Wildman–Crippen LogP) is 5.12. The number of carbonyl (C=O) groups excluding carboxylic acids is 1. The van der Waals surface area contributed by atoms with E-state index in [0.29, 0.717) is 0 Å². The summed E-state index contributed by atoms with van der Waals surface area (Å²) >= 11 is 0. The second-order valence-electron chi connectivity index (χ2n) is 11.1. The van der Waals surface area contributed by atoms with Gasteiger partial charge in [-0.2, -0.15) is 26.3 Å². The van der Waals surface area contributed by atoms with Gasteiger partial charge in [-0.15, -0.1) is 0 Å². The minimum Gasteiger partial charge on any atom is -0.396 e. The zero-order valence-electron chi connectivity index (χ0n) is 24.0. The average Bonchev–Trinajstić information content (AvgIpc) is 2.97. The third kappa shape index (κ3) is 10.2. The number of halogens is 6. The van der Waals surface area contributed by atoms with E-state index in [1.165, 1.54) is 24.3 Å². The molecule has 2 fully saturated rings. The van der Waals surface area contributed by atoms with Crippen LogP contribution in [-0.2, 0) is 17.1 Å². The zero-order valence-corrected chi connectivity index (χ0v) is 24.0. The zero-order chi connectivity index (χ0) is 30.9. The highest BCUT2D eigenvalue weighted by Crippen LogP contribution is 2.32. The number of aliphatic hydroxyl groups is 1. The highest BCUT2D eigenvalue weighted by molar-refractivity contribution is 5.53. The molecule has 2 saturated heterocycles. The predicted molar refractivity (Wildman–Crippen MR) is 152 cm³/mol. The first-order valence-electron chi connectivity index (χ1n) is 14.2. The quantitative estimate of drug-likeness (QED) is 0.335. The lowest BCUT2D eigenvalue weighted by atomic mass is 10.1. The first-order chi connectivity index (χ1) is 19.8. The maximum atomic E-state index is 12.5. The molecule has 0 amide bonds. The Kier molecular flexibility index (Phi) is 12.1. The molecule has 1 N–H and O–H groups in total. The molecule has 2 aliphatic rings. The Morgan fingerprint density at radius 3 is 1.33 bits per heavy atom. The summed E-state index contributed by atoms with van der Waals surface area (Å²) in [5.41, 5.74) is 0.412. The maximum Gasteiger partial charge on any atom is 0.416 e. The summed E-state index contributed by atoms with van der Waals surface area (Å²) in [7, 11) is 0. The summed E-state index contributed by atoms with van der Waals surface area (Å²) in [4.78, 5) is 19.3. The highest BCUT2D eigenvalue weighted by Gasteiger charge is 2.31. The standard InChI is InChI=1S/C15H21F3N2O.C15H19F3N2O/c2*1-12(11-21)10-19-6-8-20(9-7-19)14-4-2-13(3-5-14)15(16,17)18/h2-5,12,21H,6-11H2,1H3;2-5,11-12H,6-10H2,1H3/t2*12-/m00/s1. The number of piperazine rings is 2. The van der Waals surface area contributed by atoms with Gasteiger partial charge in [0.25, 0.3) is 0 Å². The third-order valence-electron chi connectivity index (χ3n) is 7.52. The largest absolute Gasteiger partial charge is 0.416 e. The van der Waals surface area contributed by atoms with Gasteiger partial charge in [0.1, 0.15) is 6.29 Å². The van der Waals surface area contributed by atoms with Gasteiger partial charge in [-0.3, -0.25) is 9.80 Å². The molecule has 0 aromatic heterocycles. The van der Waals surface area contributed by atoms with Gasteiger partial charge in [0, 0.05) is 89.3 Å². The highest BCUT2D eigenvalue weighted by atomic mass is 19.4. The van der Waals surface area contributed by atoms with Crippen LogP contribution in [0.2, 0.25) is 0 Å². The fraction of sp³-hybridized carbons (Fsp3) is 0.567. The minimum absolute atomic E-state index is 0.0163. The lowest BCUT2D eigenvalue weighted by Gasteiger charge is -2.37. The fourth-order valence-corrected chi connectivity index (χ4v) is 5.05. The summed E-state index contributed by atoms with van der Waals surface area (Å²) in [5.74, 6) is 0.269. The number of carbonyl (C=O) groups is 1. The topological polar surface area (TPSA) is 50.3 Å². The summed E-state index contributed by atoms with van der Waals surface area (Å²) in [6, 6.07) is 10.6. The van der Waals surface area contributed by atoms with E-state index < -0.39 is 23.5 Å². The summed E-state index contributed by atoms with van der Waals surface area (Å²) in [6.45, 7) is 12.1. The number of aldehydes is 1. The number of nitrogens with zero attached hydrogens (tertiary/aromatic N) is 4. The molecule has 12 heteroatoms. The van der Waals surface area contributed by atoms with Crippen LogP contribution in [0.3, 0.4) is 0 Å². The molecule has 2 aliphatic heterocycles. The lowest BCUT2D eigenvalue weighted by molar-refractivity contribution is -0.138. The molecule has 2 aromatic rings. The van der Waals surface area contributed by atoms with Gasteiger partial charge >= 0.3 is 12.4 Å². The monoisotopic (exact) mass is 602 g/mol. The number of benzene rings is 2. The van der Waals surface area contributed by atoms with E-state index in [9.17, 15) is 31.1 Å². The molecule has 2 aromatic carbocycles. The molecule has 0 radical (unpaired) electrons. The van der Waals surface area contributed by atoms with E-state index in [0.717, 1.165) is 107 Å². The summed E-state index contributed by atoms with van der Waals surface area (Å²) in [5, 5.41) is 9.06. The van der Waals surface area contributed by atoms with Crippen molar-refractivity contribution in [1.29, 1.82) is 0 Å². The number of aliphatic hydroxyl groups excluding tert-OH is 1. The summed E-state index contributed by atoms with van der Waals surface area (Å²) in [6.07, 6.45) is -7.62. The Bertz CT molecular complexity index is 1080. The van der Waals surface area contributed by atoms with E-state index in [1.807, 2.05) is 13.8 Å². The fourth-order valence-electron chi connectivity index (χ4n) is 5.05. The van der Waals surface area contributed by atoms with E-state index >= 15 is 0 Å². The molecule has 0 spiro atoms. The van der Waals surface area contributed by atoms with Crippen molar-refractivity contribution in [3.8, 4) is 0 Å². The normalized spacial score (nSPS) is 18.7. The van der Waals surface area contributed by atoms with Crippen LogP contribution in [0.25, 0.3) is 0 Å². The van der Waals surface area contributed by atoms with Gasteiger partial charge < -0.3 is 19.7 Å². The number of hydrogen-bond donors (Lipinski definition) is 1. The van der Waals surface area contributed by atoms with Crippen molar-refractivity contribution in [2.45, 2.75) is 26.2 Å². The Hall–Kier alpha value is -2.83.